The highest BCUT2D eigenvalue weighted by Gasteiger charge is 2.21. The third-order valence-electron chi connectivity index (χ3n) is 6.87. The van der Waals surface area contributed by atoms with Crippen molar-refractivity contribution in [3.8, 4) is 5.75 Å². The fourth-order valence-corrected chi connectivity index (χ4v) is 4.60. The van der Waals surface area contributed by atoms with E-state index >= 15 is 0 Å². The summed E-state index contributed by atoms with van der Waals surface area (Å²) < 4.78 is 5.86. The molecule has 0 aromatic heterocycles. The Labute approximate surface area is 246 Å². The molecule has 0 heterocycles. The SMILES string of the molecule is CCCCC(=O)c1ccccc1NCCOc1ccc(CC(Nc2ccccc2C(=O)c2ccccc2)C(=O)O)cc1. The Balaban J connectivity index is 1.32. The van der Waals surface area contributed by atoms with Crippen LogP contribution in [0.15, 0.2) is 103 Å². The van der Waals surface area contributed by atoms with Gasteiger partial charge in [-0.2, -0.15) is 0 Å². The molecule has 216 valence electrons. The highest BCUT2D eigenvalue weighted by atomic mass is 16.5. The quantitative estimate of drug-likeness (QED) is 0.101. The molecule has 7 nitrogen and oxygen atoms in total. The number of carboxylic acid groups (broad SMARTS) is 1. The molecule has 4 aromatic carbocycles. The lowest BCUT2D eigenvalue weighted by Gasteiger charge is -2.18. The van der Waals surface area contributed by atoms with Crippen molar-refractivity contribution in [1.29, 1.82) is 0 Å². The maximum Gasteiger partial charge on any atom is 0.326 e. The van der Waals surface area contributed by atoms with E-state index in [0.717, 1.165) is 24.1 Å². The van der Waals surface area contributed by atoms with Crippen LogP contribution in [-0.4, -0.2) is 41.8 Å². The molecule has 1 atom stereocenters. The highest BCUT2D eigenvalue weighted by molar-refractivity contribution is 6.12. The summed E-state index contributed by atoms with van der Waals surface area (Å²) in [6, 6.07) is 29.7. The van der Waals surface area contributed by atoms with Crippen LogP contribution in [0.5, 0.6) is 5.75 Å². The number of Topliss-reactive ketones (excluding diaryl/α,β-unsaturated/α-hetero) is 1. The van der Waals surface area contributed by atoms with Gasteiger partial charge < -0.3 is 20.5 Å². The van der Waals surface area contributed by atoms with E-state index in [1.807, 2.05) is 54.6 Å². The van der Waals surface area contributed by atoms with Crippen molar-refractivity contribution < 1.29 is 24.2 Å². The van der Waals surface area contributed by atoms with Gasteiger partial charge >= 0.3 is 5.97 Å². The Kier molecular flexibility index (Phi) is 10.9. The number of anilines is 2. The van der Waals surface area contributed by atoms with Crippen LogP contribution in [0.4, 0.5) is 11.4 Å². The van der Waals surface area contributed by atoms with Gasteiger partial charge in [0.15, 0.2) is 11.6 Å². The average Bonchev–Trinajstić information content (AvgIpc) is 3.02. The number of carboxylic acids is 1. The van der Waals surface area contributed by atoms with Crippen LogP contribution in [0.3, 0.4) is 0 Å². The lowest BCUT2D eigenvalue weighted by atomic mass is 10.00. The van der Waals surface area contributed by atoms with E-state index in [0.29, 0.717) is 47.7 Å². The number of hydrogen-bond acceptors (Lipinski definition) is 6. The van der Waals surface area contributed by atoms with Crippen LogP contribution in [0.25, 0.3) is 0 Å². The van der Waals surface area contributed by atoms with Crippen LogP contribution in [0.2, 0.25) is 0 Å². The molecule has 42 heavy (non-hydrogen) atoms. The number of hydrogen-bond donors (Lipinski definition) is 3. The molecule has 0 fully saturated rings. The number of aliphatic carboxylic acids is 1. The van der Waals surface area contributed by atoms with E-state index in [1.54, 1.807) is 48.5 Å². The molecule has 4 aromatic rings. The zero-order chi connectivity index (χ0) is 29.7. The van der Waals surface area contributed by atoms with Crippen molar-refractivity contribution in [1.82, 2.24) is 0 Å². The van der Waals surface area contributed by atoms with E-state index in [2.05, 4.69) is 17.6 Å². The Morgan fingerprint density at radius 1 is 0.786 bits per heavy atom. The van der Waals surface area contributed by atoms with Gasteiger partial charge in [0.1, 0.15) is 18.4 Å². The fourth-order valence-electron chi connectivity index (χ4n) is 4.60. The van der Waals surface area contributed by atoms with Crippen LogP contribution >= 0.6 is 0 Å². The number of carbonyl (C=O) groups is 3. The fraction of sp³-hybridized carbons (Fsp3) is 0.229. The molecule has 0 saturated heterocycles. The van der Waals surface area contributed by atoms with E-state index in [1.165, 1.54) is 0 Å². The second-order valence-corrected chi connectivity index (χ2v) is 9.97. The van der Waals surface area contributed by atoms with Gasteiger partial charge in [-0.25, -0.2) is 4.79 Å². The lowest BCUT2D eigenvalue weighted by molar-refractivity contribution is -0.137. The Hall–Kier alpha value is -4.91. The van der Waals surface area contributed by atoms with Gasteiger partial charge in [-0.3, -0.25) is 9.59 Å². The summed E-state index contributed by atoms with van der Waals surface area (Å²) in [5, 5.41) is 16.3. The molecule has 0 bridgehead atoms. The number of unbranched alkanes of at least 4 members (excludes halogenated alkanes) is 1. The van der Waals surface area contributed by atoms with Crippen molar-refractivity contribution in [3.63, 3.8) is 0 Å². The van der Waals surface area contributed by atoms with E-state index in [-0.39, 0.29) is 18.0 Å². The van der Waals surface area contributed by atoms with Crippen molar-refractivity contribution >= 4 is 28.9 Å². The Bertz CT molecular complexity index is 1490. The summed E-state index contributed by atoms with van der Waals surface area (Å²) in [5.74, 6) is -0.398. The van der Waals surface area contributed by atoms with E-state index in [9.17, 15) is 19.5 Å². The summed E-state index contributed by atoms with van der Waals surface area (Å²) in [6.45, 7) is 2.98. The molecule has 0 spiro atoms. The van der Waals surface area contributed by atoms with Crippen LogP contribution in [0, 0.1) is 0 Å². The number of ketones is 2. The van der Waals surface area contributed by atoms with Gasteiger partial charge in [0.2, 0.25) is 0 Å². The molecule has 0 amide bonds. The number of nitrogens with one attached hydrogen (secondary N) is 2. The second kappa shape index (κ2) is 15.2. The number of para-hydroxylation sites is 2. The maximum absolute atomic E-state index is 13.1. The van der Waals surface area contributed by atoms with Gasteiger partial charge in [0.05, 0.1) is 0 Å². The monoisotopic (exact) mass is 564 g/mol. The number of rotatable bonds is 16. The van der Waals surface area contributed by atoms with Crippen molar-refractivity contribution in [2.75, 3.05) is 23.8 Å². The van der Waals surface area contributed by atoms with Gasteiger partial charge in [0.25, 0.3) is 0 Å². The summed E-state index contributed by atoms with van der Waals surface area (Å²) in [4.78, 5) is 37.7. The normalized spacial score (nSPS) is 11.4. The minimum atomic E-state index is -1.02. The molecular weight excluding hydrogens is 528 g/mol. The van der Waals surface area contributed by atoms with Gasteiger partial charge in [-0.15, -0.1) is 0 Å². The first kappa shape index (κ1) is 30.1. The topological polar surface area (TPSA) is 105 Å². The number of benzene rings is 4. The number of ether oxygens (including phenoxy) is 1. The zero-order valence-corrected chi connectivity index (χ0v) is 23.7. The molecule has 7 heteroatoms. The first-order valence-corrected chi connectivity index (χ1v) is 14.2. The number of carbonyl (C=O) groups excluding carboxylic acids is 2. The predicted molar refractivity (Wildman–Crippen MR) is 166 cm³/mol. The highest BCUT2D eigenvalue weighted by Crippen LogP contribution is 2.22. The molecule has 4 rings (SSSR count). The van der Waals surface area contributed by atoms with Gasteiger partial charge in [-0.1, -0.05) is 80.1 Å². The van der Waals surface area contributed by atoms with Gasteiger partial charge in [0, 0.05) is 47.5 Å². The van der Waals surface area contributed by atoms with Crippen LogP contribution < -0.4 is 15.4 Å². The molecular formula is C35H36N2O5. The summed E-state index contributed by atoms with van der Waals surface area (Å²) >= 11 is 0. The molecule has 1 unspecified atom stereocenters. The first-order chi connectivity index (χ1) is 20.5. The molecule has 3 N–H and O–H groups in total. The standard InChI is InChI=1S/C35H36N2O5/c1-2-3-17-33(38)28-13-7-9-15-30(28)36-22-23-42-27-20-18-25(19-21-27)24-32(35(40)41)37-31-16-10-8-14-29(31)34(39)26-11-5-4-6-12-26/h4-16,18-21,32,36-37H,2-3,17,22-24H2,1H3,(H,40,41). The summed E-state index contributed by atoms with van der Waals surface area (Å²) in [5.41, 5.74) is 3.74. The van der Waals surface area contributed by atoms with Crippen molar-refractivity contribution in [3.05, 3.63) is 125 Å². The maximum atomic E-state index is 13.1. The van der Waals surface area contributed by atoms with E-state index < -0.39 is 12.0 Å². The third-order valence-corrected chi connectivity index (χ3v) is 6.87. The Morgan fingerprint density at radius 3 is 2.12 bits per heavy atom. The third kappa shape index (κ3) is 8.30. The first-order valence-electron chi connectivity index (χ1n) is 14.2. The average molecular weight is 565 g/mol. The van der Waals surface area contributed by atoms with E-state index in [4.69, 9.17) is 4.74 Å². The smallest absolute Gasteiger partial charge is 0.326 e. The molecule has 0 aliphatic rings. The van der Waals surface area contributed by atoms with Crippen LogP contribution in [0.1, 0.15) is 58.0 Å². The largest absolute Gasteiger partial charge is 0.492 e. The molecule has 0 radical (unpaired) electrons. The molecule has 0 saturated carbocycles. The Morgan fingerprint density at radius 2 is 1.43 bits per heavy atom. The molecule has 0 aliphatic carbocycles. The minimum Gasteiger partial charge on any atom is -0.492 e. The van der Waals surface area contributed by atoms with Gasteiger partial charge in [-0.05, 0) is 48.4 Å². The van der Waals surface area contributed by atoms with Crippen molar-refractivity contribution in [2.24, 2.45) is 0 Å². The van der Waals surface area contributed by atoms with Crippen molar-refractivity contribution in [2.45, 2.75) is 38.6 Å². The second-order valence-electron chi connectivity index (χ2n) is 9.97. The van der Waals surface area contributed by atoms with Crippen LogP contribution in [-0.2, 0) is 11.2 Å². The minimum absolute atomic E-state index is 0.136. The predicted octanol–water partition coefficient (Wildman–Crippen LogP) is 6.89. The summed E-state index contributed by atoms with van der Waals surface area (Å²) in [6.07, 6.45) is 2.60. The summed E-state index contributed by atoms with van der Waals surface area (Å²) in [7, 11) is 0. The molecule has 0 aliphatic heterocycles. The lowest BCUT2D eigenvalue weighted by Crippen LogP contribution is -2.32. The zero-order valence-electron chi connectivity index (χ0n) is 23.7.